The van der Waals surface area contributed by atoms with Crippen molar-refractivity contribution in [3.8, 4) is 0 Å². The molecule has 1 saturated heterocycles. The summed E-state index contributed by atoms with van der Waals surface area (Å²) in [7, 11) is 1.72. The molecule has 3 rings (SSSR count). The van der Waals surface area contributed by atoms with Crippen molar-refractivity contribution in [3.63, 3.8) is 0 Å². The second-order valence-electron chi connectivity index (χ2n) is 6.84. The van der Waals surface area contributed by atoms with E-state index < -0.39 is 0 Å². The normalized spacial score (nSPS) is 17.0. The number of aliphatic imine (C=N–C) groups is 1. The lowest BCUT2D eigenvalue weighted by atomic mass is 9.97. The molecule has 2 aliphatic heterocycles. The molecule has 0 saturated carbocycles. The van der Waals surface area contributed by atoms with Gasteiger partial charge in [0, 0.05) is 32.4 Å². The minimum absolute atomic E-state index is 0. The second kappa shape index (κ2) is 10.6. The predicted octanol–water partition coefficient (Wildman–Crippen LogP) is 2.04. The van der Waals surface area contributed by atoms with Crippen LogP contribution in [0.3, 0.4) is 0 Å². The average Bonchev–Trinajstić information content (AvgIpc) is 3.13. The average molecular weight is 500 g/mol. The number of anilines is 1. The van der Waals surface area contributed by atoms with Crippen molar-refractivity contribution in [2.24, 2.45) is 10.9 Å². The summed E-state index contributed by atoms with van der Waals surface area (Å²) in [6, 6.07) is 8.04. The lowest BCUT2D eigenvalue weighted by molar-refractivity contribution is -0.149. The van der Waals surface area contributed by atoms with Crippen LogP contribution in [0.1, 0.15) is 25.3 Å². The summed E-state index contributed by atoms with van der Waals surface area (Å²) >= 11 is 0. The van der Waals surface area contributed by atoms with Crippen LogP contribution in [0.5, 0.6) is 0 Å². The molecule has 2 heterocycles. The number of carbonyl (C=O) groups excluding carboxylic acids is 2. The fraction of sp³-hybridized carbons (Fsp3) is 0.550. The minimum Gasteiger partial charge on any atom is -0.466 e. The zero-order valence-corrected chi connectivity index (χ0v) is 18.8. The molecule has 0 bridgehead atoms. The fourth-order valence-corrected chi connectivity index (χ4v) is 3.77. The largest absolute Gasteiger partial charge is 0.466 e. The molecule has 154 valence electrons. The van der Waals surface area contributed by atoms with Crippen LogP contribution >= 0.6 is 24.0 Å². The Hall–Kier alpha value is -1.84. The monoisotopic (exact) mass is 500 g/mol. The number of piperidine rings is 1. The van der Waals surface area contributed by atoms with Gasteiger partial charge in [-0.1, -0.05) is 18.2 Å². The first-order chi connectivity index (χ1) is 13.1. The third kappa shape index (κ3) is 5.15. The van der Waals surface area contributed by atoms with Crippen molar-refractivity contribution in [1.82, 2.24) is 10.2 Å². The number of benzene rings is 1. The summed E-state index contributed by atoms with van der Waals surface area (Å²) in [5.41, 5.74) is 2.23. The van der Waals surface area contributed by atoms with Gasteiger partial charge in [0.15, 0.2) is 5.96 Å². The zero-order chi connectivity index (χ0) is 19.2. The van der Waals surface area contributed by atoms with Crippen LogP contribution in [-0.4, -0.2) is 62.6 Å². The molecule has 0 unspecified atom stereocenters. The van der Waals surface area contributed by atoms with Crippen LogP contribution in [0.4, 0.5) is 5.69 Å². The number of amides is 1. The van der Waals surface area contributed by atoms with Gasteiger partial charge >= 0.3 is 5.97 Å². The molecule has 1 N–H and O–H groups in total. The highest BCUT2D eigenvalue weighted by molar-refractivity contribution is 14.0. The fourth-order valence-electron chi connectivity index (χ4n) is 3.77. The maximum atomic E-state index is 12.7. The second-order valence-corrected chi connectivity index (χ2v) is 6.84. The predicted molar refractivity (Wildman–Crippen MR) is 120 cm³/mol. The van der Waals surface area contributed by atoms with Gasteiger partial charge in [0.25, 0.3) is 0 Å². The van der Waals surface area contributed by atoms with E-state index in [1.807, 2.05) is 30.0 Å². The molecule has 1 fully saturated rings. The van der Waals surface area contributed by atoms with E-state index >= 15 is 0 Å². The van der Waals surface area contributed by atoms with E-state index in [0.29, 0.717) is 12.6 Å². The van der Waals surface area contributed by atoms with E-state index in [4.69, 9.17) is 4.74 Å². The van der Waals surface area contributed by atoms with Crippen LogP contribution in [0.25, 0.3) is 0 Å². The Kier molecular flexibility index (Phi) is 8.53. The van der Waals surface area contributed by atoms with Gasteiger partial charge < -0.3 is 19.9 Å². The van der Waals surface area contributed by atoms with Crippen LogP contribution in [0.15, 0.2) is 29.3 Å². The first-order valence-corrected chi connectivity index (χ1v) is 9.64. The van der Waals surface area contributed by atoms with E-state index in [2.05, 4.69) is 21.3 Å². The Bertz CT molecular complexity index is 717. The van der Waals surface area contributed by atoms with Crippen molar-refractivity contribution in [3.05, 3.63) is 29.8 Å². The number of esters is 1. The smallest absolute Gasteiger partial charge is 0.309 e. The maximum absolute atomic E-state index is 12.7. The Labute approximate surface area is 183 Å². The van der Waals surface area contributed by atoms with Gasteiger partial charge in [-0.2, -0.15) is 0 Å². The van der Waals surface area contributed by atoms with Crippen molar-refractivity contribution < 1.29 is 14.3 Å². The Morgan fingerprint density at radius 1 is 1.21 bits per heavy atom. The van der Waals surface area contributed by atoms with Gasteiger partial charge in [-0.25, -0.2) is 0 Å². The third-order valence-corrected chi connectivity index (χ3v) is 5.21. The number of rotatable bonds is 4. The van der Waals surface area contributed by atoms with Gasteiger partial charge in [-0.05, 0) is 37.8 Å². The number of likely N-dealkylation sites (tertiary alicyclic amines) is 1. The lowest BCUT2D eigenvalue weighted by Crippen LogP contribution is -2.49. The molecule has 7 nitrogen and oxygen atoms in total. The summed E-state index contributed by atoms with van der Waals surface area (Å²) < 4.78 is 5.11. The van der Waals surface area contributed by atoms with Gasteiger partial charge in [0.2, 0.25) is 5.91 Å². The lowest BCUT2D eigenvalue weighted by Gasteiger charge is -2.33. The number of ether oxygens (including phenoxy) is 1. The maximum Gasteiger partial charge on any atom is 0.309 e. The highest BCUT2D eigenvalue weighted by Gasteiger charge is 2.28. The van der Waals surface area contributed by atoms with E-state index in [0.717, 1.165) is 44.6 Å². The van der Waals surface area contributed by atoms with Gasteiger partial charge in [0.05, 0.1) is 19.1 Å². The molecule has 0 radical (unpaired) electrons. The number of nitrogens with one attached hydrogen (secondary N) is 1. The number of guanidine groups is 1. The van der Waals surface area contributed by atoms with Crippen molar-refractivity contribution in [2.75, 3.05) is 44.7 Å². The van der Waals surface area contributed by atoms with Gasteiger partial charge in [0.1, 0.15) is 0 Å². The van der Waals surface area contributed by atoms with E-state index in [1.54, 1.807) is 7.05 Å². The van der Waals surface area contributed by atoms with Crippen LogP contribution in [0, 0.1) is 5.92 Å². The van der Waals surface area contributed by atoms with Crippen LogP contribution < -0.4 is 10.2 Å². The summed E-state index contributed by atoms with van der Waals surface area (Å²) in [6.07, 6.45) is 2.39. The molecule has 0 aliphatic carbocycles. The third-order valence-electron chi connectivity index (χ3n) is 5.21. The van der Waals surface area contributed by atoms with E-state index in [1.165, 1.54) is 5.56 Å². The number of hydrogen-bond donors (Lipinski definition) is 1. The summed E-state index contributed by atoms with van der Waals surface area (Å²) in [5, 5.41) is 3.18. The van der Waals surface area contributed by atoms with Crippen molar-refractivity contribution in [1.29, 1.82) is 0 Å². The highest BCUT2D eigenvalue weighted by atomic mass is 127. The molecular formula is C20H29IN4O3. The Balaban J connectivity index is 0.00000280. The van der Waals surface area contributed by atoms with E-state index in [-0.39, 0.29) is 48.3 Å². The Morgan fingerprint density at radius 2 is 1.93 bits per heavy atom. The molecule has 0 aromatic heterocycles. The minimum atomic E-state index is -0.108. The molecule has 28 heavy (non-hydrogen) atoms. The van der Waals surface area contributed by atoms with Crippen molar-refractivity contribution >= 4 is 47.5 Å². The first-order valence-electron chi connectivity index (χ1n) is 9.64. The van der Waals surface area contributed by atoms with Gasteiger partial charge in [-0.3, -0.25) is 14.6 Å². The number of hydrogen-bond acceptors (Lipinski definition) is 4. The summed E-state index contributed by atoms with van der Waals surface area (Å²) in [4.78, 5) is 32.8. The molecule has 2 aliphatic rings. The molecule has 0 spiro atoms. The number of halogens is 1. The first kappa shape index (κ1) is 22.4. The standard InChI is InChI=1S/C20H28N4O3.HI/c1-3-27-19(26)16-8-11-23(12-9-16)20(21-2)22-14-18(25)24-13-10-15-6-4-5-7-17(15)24;/h4-7,16H,3,8-14H2,1-2H3,(H,21,22);1H. The quantitative estimate of drug-likeness (QED) is 0.297. The van der Waals surface area contributed by atoms with Gasteiger partial charge in [-0.15, -0.1) is 24.0 Å². The molecule has 8 heteroatoms. The summed E-state index contributed by atoms with van der Waals surface area (Å²) in [6.45, 7) is 4.63. The van der Waals surface area contributed by atoms with Crippen molar-refractivity contribution in [2.45, 2.75) is 26.2 Å². The number of carbonyl (C=O) groups is 2. The number of fused-ring (bicyclic) bond motifs is 1. The number of para-hydroxylation sites is 1. The van der Waals surface area contributed by atoms with E-state index in [9.17, 15) is 9.59 Å². The van der Waals surface area contributed by atoms with Crippen LogP contribution in [0.2, 0.25) is 0 Å². The molecule has 1 aromatic carbocycles. The number of nitrogens with zero attached hydrogens (tertiary/aromatic N) is 3. The van der Waals surface area contributed by atoms with Crippen LogP contribution in [-0.2, 0) is 20.7 Å². The molecule has 0 atom stereocenters. The molecular weight excluding hydrogens is 471 g/mol. The Morgan fingerprint density at radius 3 is 2.61 bits per heavy atom. The molecule has 1 aromatic rings. The topological polar surface area (TPSA) is 74.2 Å². The highest BCUT2D eigenvalue weighted by Crippen LogP contribution is 2.27. The zero-order valence-electron chi connectivity index (χ0n) is 16.5. The molecule has 1 amide bonds. The SMILES string of the molecule is CCOC(=O)C1CCN(C(=NC)NCC(=O)N2CCc3ccccc32)CC1.I. The summed E-state index contributed by atoms with van der Waals surface area (Å²) in [5.74, 6) is 0.602.